The van der Waals surface area contributed by atoms with Crippen LogP contribution < -0.4 is 4.74 Å². The second-order valence-corrected chi connectivity index (χ2v) is 6.91. The van der Waals surface area contributed by atoms with Crippen LogP contribution in [0.3, 0.4) is 0 Å². The summed E-state index contributed by atoms with van der Waals surface area (Å²) in [5, 5.41) is 0. The van der Waals surface area contributed by atoms with E-state index in [0.29, 0.717) is 6.10 Å². The number of hydrogen-bond donors (Lipinski definition) is 0. The molecule has 2 aromatic rings. The molecule has 2 aromatic carbocycles. The molecule has 0 heterocycles. The molecular formula is C21H24O. The molecule has 2 fully saturated rings. The van der Waals surface area contributed by atoms with Crippen LogP contribution in [-0.2, 0) is 0 Å². The first-order valence-corrected chi connectivity index (χ1v) is 8.66. The highest BCUT2D eigenvalue weighted by molar-refractivity contribution is 5.70. The highest BCUT2D eigenvalue weighted by Crippen LogP contribution is 2.51. The Labute approximate surface area is 133 Å². The first-order valence-electron chi connectivity index (χ1n) is 8.66. The van der Waals surface area contributed by atoms with Crippen LogP contribution in [0, 0.1) is 17.8 Å². The highest BCUT2D eigenvalue weighted by Gasteiger charge is 2.46. The fourth-order valence-corrected chi connectivity index (χ4v) is 4.57. The number of ether oxygens (including phenoxy) is 1. The van der Waals surface area contributed by atoms with E-state index in [2.05, 4.69) is 61.5 Å². The molecule has 0 radical (unpaired) electrons. The third kappa shape index (κ3) is 2.43. The van der Waals surface area contributed by atoms with E-state index < -0.39 is 0 Å². The summed E-state index contributed by atoms with van der Waals surface area (Å²) in [5.41, 5.74) is 2.46. The first kappa shape index (κ1) is 13.9. The third-order valence-corrected chi connectivity index (χ3v) is 5.71. The van der Waals surface area contributed by atoms with Gasteiger partial charge in [0.2, 0.25) is 0 Å². The van der Waals surface area contributed by atoms with Crippen molar-refractivity contribution in [2.45, 2.75) is 38.7 Å². The Hall–Kier alpha value is -1.76. The molecule has 22 heavy (non-hydrogen) atoms. The van der Waals surface area contributed by atoms with Crippen molar-refractivity contribution in [1.29, 1.82) is 0 Å². The van der Waals surface area contributed by atoms with E-state index in [1.807, 2.05) is 0 Å². The third-order valence-electron chi connectivity index (χ3n) is 5.71. The number of rotatable bonds is 4. The first-order chi connectivity index (χ1) is 10.8. The van der Waals surface area contributed by atoms with Gasteiger partial charge in [-0.3, -0.25) is 0 Å². The van der Waals surface area contributed by atoms with Crippen molar-refractivity contribution in [3.05, 3.63) is 54.6 Å². The van der Waals surface area contributed by atoms with E-state index in [9.17, 15) is 0 Å². The lowest BCUT2D eigenvalue weighted by atomic mass is 9.85. The predicted octanol–water partition coefficient (Wildman–Crippen LogP) is 5.56. The Morgan fingerprint density at radius 1 is 0.864 bits per heavy atom. The van der Waals surface area contributed by atoms with Crippen LogP contribution in [0.15, 0.2) is 54.6 Å². The summed E-state index contributed by atoms with van der Waals surface area (Å²) < 4.78 is 6.49. The summed E-state index contributed by atoms with van der Waals surface area (Å²) in [5.74, 6) is 3.69. The van der Waals surface area contributed by atoms with Gasteiger partial charge in [-0.15, -0.1) is 0 Å². The molecule has 2 aliphatic carbocycles. The number of benzene rings is 2. The summed E-state index contributed by atoms with van der Waals surface area (Å²) in [4.78, 5) is 0. The van der Waals surface area contributed by atoms with Crippen LogP contribution in [0.5, 0.6) is 5.75 Å². The largest absolute Gasteiger partial charge is 0.489 e. The molecule has 0 aliphatic heterocycles. The van der Waals surface area contributed by atoms with E-state index in [4.69, 9.17) is 4.74 Å². The number of fused-ring (bicyclic) bond motifs is 2. The SMILES string of the molecule is CCC1CC2CC1CC2Oc1ccccc1-c1ccccc1. The molecule has 4 atom stereocenters. The molecule has 1 heteroatoms. The average molecular weight is 292 g/mol. The van der Waals surface area contributed by atoms with Gasteiger partial charge < -0.3 is 4.74 Å². The molecule has 4 unspecified atom stereocenters. The lowest BCUT2D eigenvalue weighted by molar-refractivity contribution is 0.117. The molecule has 1 nitrogen and oxygen atoms in total. The van der Waals surface area contributed by atoms with Crippen LogP contribution >= 0.6 is 0 Å². The van der Waals surface area contributed by atoms with Gasteiger partial charge in [0.05, 0.1) is 0 Å². The quantitative estimate of drug-likeness (QED) is 0.717. The summed E-state index contributed by atoms with van der Waals surface area (Å²) in [7, 11) is 0. The molecule has 2 saturated carbocycles. The second kappa shape index (κ2) is 5.79. The van der Waals surface area contributed by atoms with Crippen molar-refractivity contribution in [3.63, 3.8) is 0 Å². The molecule has 2 aliphatic rings. The van der Waals surface area contributed by atoms with Gasteiger partial charge in [0.15, 0.2) is 0 Å². The van der Waals surface area contributed by atoms with Crippen LogP contribution in [-0.4, -0.2) is 6.10 Å². The van der Waals surface area contributed by atoms with Crippen molar-refractivity contribution in [2.24, 2.45) is 17.8 Å². The zero-order valence-corrected chi connectivity index (χ0v) is 13.2. The van der Waals surface area contributed by atoms with Crippen LogP contribution in [0.4, 0.5) is 0 Å². The monoisotopic (exact) mass is 292 g/mol. The Morgan fingerprint density at radius 2 is 1.64 bits per heavy atom. The standard InChI is InChI=1S/C21H24O/c1-2-15-12-18-13-17(15)14-21(18)22-20-11-7-6-10-19(20)16-8-4-3-5-9-16/h3-11,15,17-18,21H,2,12-14H2,1H3. The molecule has 0 spiro atoms. The summed E-state index contributed by atoms with van der Waals surface area (Å²) in [6.07, 6.45) is 5.79. The predicted molar refractivity (Wildman–Crippen MR) is 90.9 cm³/mol. The van der Waals surface area contributed by atoms with E-state index >= 15 is 0 Å². The van der Waals surface area contributed by atoms with Gasteiger partial charge in [0, 0.05) is 5.56 Å². The molecule has 2 bridgehead atoms. The Kier molecular flexibility index (Phi) is 3.65. The van der Waals surface area contributed by atoms with Gasteiger partial charge in [-0.1, -0.05) is 61.9 Å². The minimum Gasteiger partial charge on any atom is -0.489 e. The number of para-hydroxylation sites is 1. The van der Waals surface area contributed by atoms with E-state index in [0.717, 1.165) is 23.5 Å². The van der Waals surface area contributed by atoms with Crippen molar-refractivity contribution in [2.75, 3.05) is 0 Å². The number of hydrogen-bond acceptors (Lipinski definition) is 1. The maximum atomic E-state index is 6.49. The van der Waals surface area contributed by atoms with Crippen molar-refractivity contribution >= 4 is 0 Å². The fourth-order valence-electron chi connectivity index (χ4n) is 4.57. The average Bonchev–Trinajstić information content (AvgIpc) is 3.16. The minimum absolute atomic E-state index is 0.428. The smallest absolute Gasteiger partial charge is 0.127 e. The zero-order valence-electron chi connectivity index (χ0n) is 13.2. The van der Waals surface area contributed by atoms with E-state index in [-0.39, 0.29) is 0 Å². The fraction of sp³-hybridized carbons (Fsp3) is 0.429. The normalized spacial score (nSPS) is 29.7. The van der Waals surface area contributed by atoms with Gasteiger partial charge in [-0.2, -0.15) is 0 Å². The maximum Gasteiger partial charge on any atom is 0.127 e. The summed E-state index contributed by atoms with van der Waals surface area (Å²) in [6, 6.07) is 19.1. The molecule has 0 amide bonds. The van der Waals surface area contributed by atoms with Crippen LogP contribution in [0.2, 0.25) is 0 Å². The maximum absolute atomic E-state index is 6.49. The Bertz CT molecular complexity index is 633. The second-order valence-electron chi connectivity index (χ2n) is 6.91. The van der Waals surface area contributed by atoms with E-state index in [1.165, 1.54) is 36.8 Å². The van der Waals surface area contributed by atoms with Crippen molar-refractivity contribution in [1.82, 2.24) is 0 Å². The van der Waals surface area contributed by atoms with Crippen LogP contribution in [0.1, 0.15) is 32.6 Å². The molecule has 0 saturated heterocycles. The molecular weight excluding hydrogens is 268 g/mol. The van der Waals surface area contributed by atoms with Gasteiger partial charge >= 0.3 is 0 Å². The van der Waals surface area contributed by atoms with Crippen LogP contribution in [0.25, 0.3) is 11.1 Å². The molecule has 4 rings (SSSR count). The van der Waals surface area contributed by atoms with Gasteiger partial charge in [-0.25, -0.2) is 0 Å². The lowest BCUT2D eigenvalue weighted by Gasteiger charge is -2.28. The molecule has 114 valence electrons. The Morgan fingerprint density at radius 3 is 2.36 bits per heavy atom. The van der Waals surface area contributed by atoms with Crippen molar-refractivity contribution in [3.8, 4) is 16.9 Å². The molecule has 0 N–H and O–H groups in total. The summed E-state index contributed by atoms with van der Waals surface area (Å²) in [6.45, 7) is 2.34. The lowest BCUT2D eigenvalue weighted by Crippen LogP contribution is -2.27. The van der Waals surface area contributed by atoms with Gasteiger partial charge in [0.25, 0.3) is 0 Å². The molecule has 0 aromatic heterocycles. The van der Waals surface area contributed by atoms with Gasteiger partial charge in [-0.05, 0) is 48.6 Å². The minimum atomic E-state index is 0.428. The summed E-state index contributed by atoms with van der Waals surface area (Å²) >= 11 is 0. The van der Waals surface area contributed by atoms with E-state index in [1.54, 1.807) is 0 Å². The van der Waals surface area contributed by atoms with Gasteiger partial charge in [0.1, 0.15) is 11.9 Å². The van der Waals surface area contributed by atoms with Crippen molar-refractivity contribution < 1.29 is 4.74 Å². The Balaban J connectivity index is 1.55. The highest BCUT2D eigenvalue weighted by atomic mass is 16.5. The topological polar surface area (TPSA) is 9.23 Å². The zero-order chi connectivity index (χ0) is 14.9.